The highest BCUT2D eigenvalue weighted by Gasteiger charge is 2.59. The van der Waals surface area contributed by atoms with Gasteiger partial charge in [0.15, 0.2) is 12.1 Å². The molecule has 26 heavy (non-hydrogen) atoms. The molecule has 2 aliphatic rings. The number of aliphatic hydroxyl groups is 3. The SMILES string of the molecule is C[Si](C)(C)CCO[C@@H]1O[C@H](CO)[C@@]2(O)CO[C@H](c3ccco3)O[C@@H]2[C@H]1O. The van der Waals surface area contributed by atoms with E-state index in [-0.39, 0.29) is 6.61 Å². The van der Waals surface area contributed by atoms with E-state index in [4.69, 9.17) is 23.4 Å². The van der Waals surface area contributed by atoms with E-state index in [1.807, 2.05) is 0 Å². The zero-order valence-electron chi connectivity index (χ0n) is 15.3. The van der Waals surface area contributed by atoms with E-state index in [1.165, 1.54) is 6.26 Å². The fraction of sp³-hybridized carbons (Fsp3) is 0.765. The molecule has 1 aromatic rings. The summed E-state index contributed by atoms with van der Waals surface area (Å²) in [7, 11) is -1.31. The van der Waals surface area contributed by atoms with E-state index < -0.39 is 51.2 Å². The predicted molar refractivity (Wildman–Crippen MR) is 93.1 cm³/mol. The molecule has 1 aromatic heterocycles. The molecule has 6 atom stereocenters. The van der Waals surface area contributed by atoms with Crippen molar-refractivity contribution < 1.29 is 38.7 Å². The molecule has 8 nitrogen and oxygen atoms in total. The van der Waals surface area contributed by atoms with Crippen LogP contribution in [0.4, 0.5) is 0 Å². The second-order valence-corrected chi connectivity index (χ2v) is 13.7. The van der Waals surface area contributed by atoms with E-state index >= 15 is 0 Å². The zero-order chi connectivity index (χ0) is 18.9. The third-order valence-corrected chi connectivity index (χ3v) is 6.45. The smallest absolute Gasteiger partial charge is 0.217 e. The van der Waals surface area contributed by atoms with Crippen molar-refractivity contribution in [1.29, 1.82) is 0 Å². The van der Waals surface area contributed by atoms with Gasteiger partial charge in [0, 0.05) is 14.7 Å². The second kappa shape index (κ2) is 7.68. The van der Waals surface area contributed by atoms with Gasteiger partial charge in [-0.15, -0.1) is 0 Å². The minimum Gasteiger partial charge on any atom is -0.464 e. The van der Waals surface area contributed by atoms with Gasteiger partial charge in [0.1, 0.15) is 23.9 Å². The highest BCUT2D eigenvalue weighted by atomic mass is 28.3. The molecule has 2 aliphatic heterocycles. The van der Waals surface area contributed by atoms with Gasteiger partial charge in [0.05, 0.1) is 19.5 Å². The molecular formula is C17H28O8Si. The number of hydrogen-bond acceptors (Lipinski definition) is 8. The van der Waals surface area contributed by atoms with Crippen molar-refractivity contribution in [2.75, 3.05) is 19.8 Å². The summed E-state index contributed by atoms with van der Waals surface area (Å²) in [5.74, 6) is 0.433. The van der Waals surface area contributed by atoms with Crippen molar-refractivity contribution in [3.63, 3.8) is 0 Å². The molecule has 0 saturated carbocycles. The maximum atomic E-state index is 10.9. The summed E-state index contributed by atoms with van der Waals surface area (Å²) >= 11 is 0. The lowest BCUT2D eigenvalue weighted by Crippen LogP contribution is -2.71. The average Bonchev–Trinajstić information content (AvgIpc) is 3.10. The first-order chi connectivity index (χ1) is 12.2. The molecule has 9 heteroatoms. The van der Waals surface area contributed by atoms with Crippen LogP contribution in [0, 0.1) is 0 Å². The summed E-state index contributed by atoms with van der Waals surface area (Å²) in [6, 6.07) is 4.28. The Morgan fingerprint density at radius 3 is 2.69 bits per heavy atom. The number of aliphatic hydroxyl groups excluding tert-OH is 2. The fourth-order valence-corrected chi connectivity index (χ4v) is 3.86. The molecule has 2 fully saturated rings. The molecule has 0 amide bonds. The number of hydrogen-bond donors (Lipinski definition) is 3. The van der Waals surface area contributed by atoms with Crippen LogP contribution in [0.5, 0.6) is 0 Å². The van der Waals surface area contributed by atoms with Crippen LogP contribution >= 0.6 is 0 Å². The average molecular weight is 388 g/mol. The molecule has 0 spiro atoms. The van der Waals surface area contributed by atoms with Crippen LogP contribution in [0.3, 0.4) is 0 Å². The topological polar surface area (TPSA) is 111 Å². The molecule has 148 valence electrons. The summed E-state index contributed by atoms with van der Waals surface area (Å²) in [5.41, 5.74) is -1.68. The molecule has 3 N–H and O–H groups in total. The van der Waals surface area contributed by atoms with Gasteiger partial charge in [0.25, 0.3) is 0 Å². The Morgan fingerprint density at radius 2 is 2.08 bits per heavy atom. The van der Waals surface area contributed by atoms with E-state index in [2.05, 4.69) is 19.6 Å². The molecule has 3 heterocycles. The maximum Gasteiger partial charge on any atom is 0.217 e. The van der Waals surface area contributed by atoms with Crippen LogP contribution in [0.15, 0.2) is 22.8 Å². The molecule has 0 aromatic carbocycles. The fourth-order valence-electron chi connectivity index (χ4n) is 3.13. The van der Waals surface area contributed by atoms with Crippen molar-refractivity contribution in [2.24, 2.45) is 0 Å². The van der Waals surface area contributed by atoms with E-state index in [9.17, 15) is 15.3 Å². The van der Waals surface area contributed by atoms with Crippen molar-refractivity contribution in [3.05, 3.63) is 24.2 Å². The summed E-state index contributed by atoms with van der Waals surface area (Å²) in [4.78, 5) is 0. The monoisotopic (exact) mass is 388 g/mol. The molecule has 0 radical (unpaired) electrons. The highest BCUT2D eigenvalue weighted by Crippen LogP contribution is 2.40. The third-order valence-electron chi connectivity index (χ3n) is 4.75. The van der Waals surface area contributed by atoms with Crippen molar-refractivity contribution in [2.45, 2.75) is 62.2 Å². The van der Waals surface area contributed by atoms with Crippen LogP contribution in [0.25, 0.3) is 0 Å². The molecule has 0 unspecified atom stereocenters. The van der Waals surface area contributed by atoms with Crippen molar-refractivity contribution >= 4 is 8.07 Å². The first-order valence-electron chi connectivity index (χ1n) is 8.83. The molecule has 2 saturated heterocycles. The van der Waals surface area contributed by atoms with Gasteiger partial charge in [-0.1, -0.05) is 19.6 Å². The summed E-state index contributed by atoms with van der Waals surface area (Å²) in [5, 5.41) is 31.3. The largest absolute Gasteiger partial charge is 0.464 e. The van der Waals surface area contributed by atoms with E-state index in [0.717, 1.165) is 6.04 Å². The Hall–Kier alpha value is -0.783. The minimum absolute atomic E-state index is 0.174. The van der Waals surface area contributed by atoms with Gasteiger partial charge in [-0.25, -0.2) is 0 Å². The van der Waals surface area contributed by atoms with Crippen LogP contribution in [-0.2, 0) is 18.9 Å². The van der Waals surface area contributed by atoms with Crippen molar-refractivity contribution in [1.82, 2.24) is 0 Å². The molecule has 0 aliphatic carbocycles. The van der Waals surface area contributed by atoms with Gasteiger partial charge in [0.2, 0.25) is 6.29 Å². The van der Waals surface area contributed by atoms with Gasteiger partial charge >= 0.3 is 0 Å². The summed E-state index contributed by atoms with van der Waals surface area (Å²) in [6.07, 6.45) is -3.64. The molecule has 3 rings (SSSR count). The lowest BCUT2D eigenvalue weighted by molar-refractivity contribution is -0.397. The number of rotatable bonds is 6. The standard InChI is InChI=1S/C17H28O8Si/c1-26(2,3)8-7-22-16-13(19)14-17(20,12(9-18)24-16)10-23-15(25-14)11-5-4-6-21-11/h4-6,12-16,18-20H,7-10H2,1-3H3/t12-,13-,14-,15+,16-,17+/m1/s1. The minimum atomic E-state index is -1.68. The normalized spacial score (nSPS) is 38.2. The molecule has 0 bridgehead atoms. The Morgan fingerprint density at radius 1 is 1.31 bits per heavy atom. The van der Waals surface area contributed by atoms with Gasteiger partial charge in [-0.3, -0.25) is 0 Å². The quantitative estimate of drug-likeness (QED) is 0.616. The van der Waals surface area contributed by atoms with Crippen molar-refractivity contribution in [3.8, 4) is 0 Å². The second-order valence-electron chi connectivity index (χ2n) is 8.05. The van der Waals surface area contributed by atoms with Crippen LogP contribution in [0.2, 0.25) is 25.7 Å². The Labute approximate surface area is 153 Å². The van der Waals surface area contributed by atoms with Gasteiger partial charge in [-0.05, 0) is 18.2 Å². The Bertz CT molecular complexity index is 574. The van der Waals surface area contributed by atoms with Gasteiger partial charge < -0.3 is 38.7 Å². The van der Waals surface area contributed by atoms with Crippen LogP contribution in [-0.4, -0.2) is 73.4 Å². The van der Waals surface area contributed by atoms with Gasteiger partial charge in [-0.2, -0.15) is 0 Å². The lowest BCUT2D eigenvalue weighted by Gasteiger charge is -2.52. The summed E-state index contributed by atoms with van der Waals surface area (Å²) in [6.45, 7) is 6.47. The highest BCUT2D eigenvalue weighted by molar-refractivity contribution is 6.76. The third kappa shape index (κ3) is 4.05. The van der Waals surface area contributed by atoms with E-state index in [1.54, 1.807) is 12.1 Å². The lowest BCUT2D eigenvalue weighted by atomic mass is 9.84. The van der Waals surface area contributed by atoms with Crippen LogP contribution in [0.1, 0.15) is 12.1 Å². The van der Waals surface area contributed by atoms with Crippen LogP contribution < -0.4 is 0 Å². The van der Waals surface area contributed by atoms with E-state index in [0.29, 0.717) is 12.4 Å². The number of furan rings is 1. The first-order valence-corrected chi connectivity index (χ1v) is 12.5. The number of fused-ring (bicyclic) bond motifs is 1. The Balaban J connectivity index is 1.72. The Kier molecular flexibility index (Phi) is 5.90. The zero-order valence-corrected chi connectivity index (χ0v) is 16.3. The summed E-state index contributed by atoms with van der Waals surface area (Å²) < 4.78 is 27.9. The predicted octanol–water partition coefficient (Wildman–Crippen LogP) is 0.858. The number of ether oxygens (including phenoxy) is 4. The first kappa shape index (κ1) is 20.0. The molecular weight excluding hydrogens is 360 g/mol. The maximum absolute atomic E-state index is 10.9.